The SMILES string of the molecule is CCCC(OCC)c1noc(C2COCC2N)n1. The minimum absolute atomic E-state index is 0.00940. The Kier molecular flexibility index (Phi) is 4.68. The second-order valence-corrected chi connectivity index (χ2v) is 4.53. The van der Waals surface area contributed by atoms with Crippen LogP contribution in [0.15, 0.2) is 4.52 Å². The molecule has 2 N–H and O–H groups in total. The van der Waals surface area contributed by atoms with Crippen molar-refractivity contribution < 1.29 is 14.0 Å². The Morgan fingerprint density at radius 2 is 2.28 bits per heavy atom. The summed E-state index contributed by atoms with van der Waals surface area (Å²) in [6.45, 7) is 5.81. The van der Waals surface area contributed by atoms with E-state index in [1.165, 1.54) is 0 Å². The van der Waals surface area contributed by atoms with Crippen LogP contribution in [-0.4, -0.2) is 36.0 Å². The van der Waals surface area contributed by atoms with E-state index in [1.54, 1.807) is 0 Å². The Morgan fingerprint density at radius 1 is 1.44 bits per heavy atom. The molecular weight excluding hydrogens is 234 g/mol. The number of hydrogen-bond acceptors (Lipinski definition) is 6. The average Bonchev–Trinajstić information content (AvgIpc) is 2.97. The summed E-state index contributed by atoms with van der Waals surface area (Å²) in [5, 5.41) is 4.01. The lowest BCUT2D eigenvalue weighted by Gasteiger charge is -2.11. The molecule has 18 heavy (non-hydrogen) atoms. The lowest BCUT2D eigenvalue weighted by molar-refractivity contribution is 0.0477. The summed E-state index contributed by atoms with van der Waals surface area (Å²) in [5.74, 6) is 1.19. The van der Waals surface area contributed by atoms with Gasteiger partial charge in [-0.05, 0) is 13.3 Å². The standard InChI is InChI=1S/C12H21N3O3/c1-3-5-10(17-4-2)11-14-12(18-15-11)8-6-16-7-9(8)13/h8-10H,3-7,13H2,1-2H3. The molecule has 2 heterocycles. The highest BCUT2D eigenvalue weighted by atomic mass is 16.5. The molecule has 1 saturated heterocycles. The number of nitrogens with zero attached hydrogens (tertiary/aromatic N) is 2. The molecule has 1 fully saturated rings. The highest BCUT2D eigenvalue weighted by Crippen LogP contribution is 2.26. The predicted octanol–water partition coefficient (Wildman–Crippen LogP) is 1.39. The summed E-state index contributed by atoms with van der Waals surface area (Å²) in [6, 6.07) is -0.0602. The largest absolute Gasteiger partial charge is 0.379 e. The lowest BCUT2D eigenvalue weighted by atomic mass is 10.1. The zero-order valence-corrected chi connectivity index (χ0v) is 11.0. The van der Waals surface area contributed by atoms with Gasteiger partial charge in [-0.25, -0.2) is 0 Å². The monoisotopic (exact) mass is 255 g/mol. The van der Waals surface area contributed by atoms with Crippen molar-refractivity contribution in [3.8, 4) is 0 Å². The maximum Gasteiger partial charge on any atom is 0.233 e. The molecule has 0 bridgehead atoms. The molecule has 1 aromatic heterocycles. The van der Waals surface area contributed by atoms with E-state index in [4.69, 9.17) is 19.7 Å². The van der Waals surface area contributed by atoms with E-state index in [0.717, 1.165) is 12.8 Å². The van der Waals surface area contributed by atoms with Gasteiger partial charge in [0.2, 0.25) is 11.7 Å². The minimum atomic E-state index is -0.0870. The summed E-state index contributed by atoms with van der Waals surface area (Å²) >= 11 is 0. The Balaban J connectivity index is 2.08. The summed E-state index contributed by atoms with van der Waals surface area (Å²) in [4.78, 5) is 4.42. The van der Waals surface area contributed by atoms with Gasteiger partial charge in [-0.3, -0.25) is 0 Å². The molecule has 6 heteroatoms. The molecule has 3 atom stereocenters. The Labute approximate surface area is 107 Å². The molecule has 0 radical (unpaired) electrons. The van der Waals surface area contributed by atoms with Crippen LogP contribution in [0.5, 0.6) is 0 Å². The fourth-order valence-corrected chi connectivity index (χ4v) is 2.10. The third-order valence-corrected chi connectivity index (χ3v) is 3.11. The van der Waals surface area contributed by atoms with Gasteiger partial charge in [0.1, 0.15) is 6.10 Å². The Morgan fingerprint density at radius 3 is 2.89 bits per heavy atom. The molecule has 0 spiro atoms. The van der Waals surface area contributed by atoms with Crippen LogP contribution in [0.4, 0.5) is 0 Å². The van der Waals surface area contributed by atoms with Crippen molar-refractivity contribution in [3.63, 3.8) is 0 Å². The van der Waals surface area contributed by atoms with Gasteiger partial charge in [0.25, 0.3) is 0 Å². The van der Waals surface area contributed by atoms with Crippen LogP contribution in [0.3, 0.4) is 0 Å². The molecule has 0 aromatic carbocycles. The molecule has 0 amide bonds. The van der Waals surface area contributed by atoms with Crippen LogP contribution in [-0.2, 0) is 9.47 Å². The van der Waals surface area contributed by atoms with Gasteiger partial charge in [0.05, 0.1) is 19.1 Å². The van der Waals surface area contributed by atoms with Gasteiger partial charge in [0.15, 0.2) is 0 Å². The highest BCUT2D eigenvalue weighted by molar-refractivity contribution is 5.02. The van der Waals surface area contributed by atoms with E-state index in [2.05, 4.69) is 17.1 Å². The zero-order chi connectivity index (χ0) is 13.0. The number of aromatic nitrogens is 2. The summed E-state index contributed by atoms with van der Waals surface area (Å²) in [6.07, 6.45) is 1.82. The second-order valence-electron chi connectivity index (χ2n) is 4.53. The Hall–Kier alpha value is -0.980. The molecule has 2 rings (SSSR count). The molecule has 0 saturated carbocycles. The minimum Gasteiger partial charge on any atom is -0.379 e. The zero-order valence-electron chi connectivity index (χ0n) is 11.0. The molecule has 1 aliphatic rings. The van der Waals surface area contributed by atoms with E-state index < -0.39 is 0 Å². The van der Waals surface area contributed by atoms with Crippen LogP contribution in [0.1, 0.15) is 50.4 Å². The van der Waals surface area contributed by atoms with Crippen molar-refractivity contribution in [1.29, 1.82) is 0 Å². The van der Waals surface area contributed by atoms with E-state index in [1.807, 2.05) is 6.92 Å². The number of hydrogen-bond donors (Lipinski definition) is 1. The van der Waals surface area contributed by atoms with Gasteiger partial charge in [0, 0.05) is 12.6 Å². The van der Waals surface area contributed by atoms with Gasteiger partial charge < -0.3 is 19.7 Å². The highest BCUT2D eigenvalue weighted by Gasteiger charge is 2.32. The third-order valence-electron chi connectivity index (χ3n) is 3.11. The van der Waals surface area contributed by atoms with Crippen molar-refractivity contribution in [3.05, 3.63) is 11.7 Å². The van der Waals surface area contributed by atoms with Crippen molar-refractivity contribution >= 4 is 0 Å². The topological polar surface area (TPSA) is 83.4 Å². The Bertz CT molecular complexity index is 363. The van der Waals surface area contributed by atoms with E-state index in [9.17, 15) is 0 Å². The first-order chi connectivity index (χ1) is 8.76. The van der Waals surface area contributed by atoms with Crippen LogP contribution < -0.4 is 5.73 Å². The van der Waals surface area contributed by atoms with Gasteiger partial charge in [-0.15, -0.1) is 0 Å². The normalized spacial score (nSPS) is 25.5. The first kappa shape index (κ1) is 13.5. The molecule has 1 aliphatic heterocycles. The van der Waals surface area contributed by atoms with Gasteiger partial charge >= 0.3 is 0 Å². The van der Waals surface area contributed by atoms with E-state index >= 15 is 0 Å². The molecule has 1 aromatic rings. The average molecular weight is 255 g/mol. The molecule has 3 unspecified atom stereocenters. The van der Waals surface area contributed by atoms with E-state index in [0.29, 0.717) is 31.5 Å². The number of rotatable bonds is 6. The first-order valence-corrected chi connectivity index (χ1v) is 6.54. The van der Waals surface area contributed by atoms with Gasteiger partial charge in [-0.2, -0.15) is 4.98 Å². The maximum atomic E-state index is 5.93. The molecule has 6 nitrogen and oxygen atoms in total. The van der Waals surface area contributed by atoms with Crippen molar-refractivity contribution in [1.82, 2.24) is 10.1 Å². The van der Waals surface area contributed by atoms with Crippen molar-refractivity contribution in [2.45, 2.75) is 44.8 Å². The van der Waals surface area contributed by atoms with Crippen LogP contribution >= 0.6 is 0 Å². The molecule has 102 valence electrons. The van der Waals surface area contributed by atoms with Crippen LogP contribution in [0, 0.1) is 0 Å². The lowest BCUT2D eigenvalue weighted by Crippen LogP contribution is -2.27. The molecular formula is C12H21N3O3. The summed E-state index contributed by atoms with van der Waals surface area (Å²) in [5.41, 5.74) is 5.93. The fraction of sp³-hybridized carbons (Fsp3) is 0.833. The maximum absolute atomic E-state index is 5.93. The van der Waals surface area contributed by atoms with Crippen molar-refractivity contribution in [2.24, 2.45) is 5.73 Å². The van der Waals surface area contributed by atoms with Crippen molar-refractivity contribution in [2.75, 3.05) is 19.8 Å². The smallest absolute Gasteiger partial charge is 0.233 e. The van der Waals surface area contributed by atoms with Crippen LogP contribution in [0.25, 0.3) is 0 Å². The third kappa shape index (κ3) is 2.88. The molecule has 0 aliphatic carbocycles. The number of ether oxygens (including phenoxy) is 2. The number of nitrogens with two attached hydrogens (primary N) is 1. The first-order valence-electron chi connectivity index (χ1n) is 6.54. The quantitative estimate of drug-likeness (QED) is 0.827. The predicted molar refractivity (Wildman–Crippen MR) is 65.1 cm³/mol. The summed E-state index contributed by atoms with van der Waals surface area (Å²) in [7, 11) is 0. The van der Waals surface area contributed by atoms with Gasteiger partial charge in [-0.1, -0.05) is 18.5 Å². The summed E-state index contributed by atoms with van der Waals surface area (Å²) < 4.78 is 16.2. The van der Waals surface area contributed by atoms with E-state index in [-0.39, 0.29) is 18.1 Å². The second kappa shape index (κ2) is 6.26. The van der Waals surface area contributed by atoms with Crippen LogP contribution in [0.2, 0.25) is 0 Å². The fourth-order valence-electron chi connectivity index (χ4n) is 2.10.